The zero-order chi connectivity index (χ0) is 19.7. The molecule has 0 fully saturated rings. The summed E-state index contributed by atoms with van der Waals surface area (Å²) in [4.78, 5) is 18.3. The van der Waals surface area contributed by atoms with Gasteiger partial charge in [-0.15, -0.1) is 0 Å². The molecule has 0 bridgehead atoms. The molecule has 3 rings (SSSR count). The topological polar surface area (TPSA) is 76.2 Å². The average molecular weight is 373 g/mol. The van der Waals surface area contributed by atoms with Crippen molar-refractivity contribution in [2.75, 3.05) is 25.5 Å². The third-order valence-electron chi connectivity index (χ3n) is 4.39. The first-order valence-electron chi connectivity index (χ1n) is 8.45. The second kappa shape index (κ2) is 7.32. The molecule has 1 heterocycles. The van der Waals surface area contributed by atoms with E-state index >= 15 is 4.39 Å². The summed E-state index contributed by atoms with van der Waals surface area (Å²) in [6.45, 7) is 2.33. The molecule has 3 N–H and O–H groups in total. The normalized spacial score (nSPS) is 11.0. The molecule has 2 aromatic carbocycles. The van der Waals surface area contributed by atoms with Crippen LogP contribution in [0.2, 0.25) is 0 Å². The number of imidazole rings is 1. The molecule has 0 unspecified atom stereocenters. The number of likely N-dealkylation sites (N-methyl/N-ethyl adjacent to an activating group) is 1. The molecule has 1 aromatic heterocycles. The number of nitrogens with two attached hydrogens (primary N) is 1. The molecule has 0 spiro atoms. The number of hydrogen-bond donors (Lipinski definition) is 2. The number of anilines is 2. The Labute approximate surface area is 155 Å². The number of fused-ring (bicyclic) bond motifs is 1. The Hall–Kier alpha value is -3.00. The monoisotopic (exact) mass is 373 g/mol. The van der Waals surface area contributed by atoms with Crippen LogP contribution < -0.4 is 11.1 Å². The maximum Gasteiger partial charge on any atom is 0.255 e. The highest BCUT2D eigenvalue weighted by Gasteiger charge is 2.24. The van der Waals surface area contributed by atoms with Crippen LogP contribution in [-0.2, 0) is 7.05 Å². The molecule has 1 amide bonds. The van der Waals surface area contributed by atoms with Crippen LogP contribution in [-0.4, -0.2) is 40.5 Å². The largest absolute Gasteiger partial charge is 0.350 e. The molecule has 3 aromatic rings. The second-order valence-electron chi connectivity index (χ2n) is 6.46. The molecule has 0 atom stereocenters. The molecule has 0 radical (unpaired) electrons. The van der Waals surface area contributed by atoms with Gasteiger partial charge in [0.25, 0.3) is 5.91 Å². The number of hydrogen-bond acceptors (Lipinski definition) is 4. The van der Waals surface area contributed by atoms with Crippen LogP contribution in [0.25, 0.3) is 11.0 Å². The smallest absolute Gasteiger partial charge is 0.255 e. The number of amides is 1. The first kappa shape index (κ1) is 18.8. The van der Waals surface area contributed by atoms with E-state index in [-0.39, 0.29) is 29.0 Å². The third kappa shape index (κ3) is 3.48. The zero-order valence-corrected chi connectivity index (χ0v) is 15.4. The van der Waals surface area contributed by atoms with E-state index in [0.29, 0.717) is 12.1 Å². The SMILES string of the molecule is Cc1ccc(Nc2c(C(=O)N(C)CCN)cc3c(ncn3C)c2F)c(F)c1. The van der Waals surface area contributed by atoms with Crippen LogP contribution in [0.1, 0.15) is 15.9 Å². The Kier molecular flexibility index (Phi) is 5.09. The highest BCUT2D eigenvalue weighted by atomic mass is 19.1. The Morgan fingerprint density at radius 3 is 2.74 bits per heavy atom. The molecule has 27 heavy (non-hydrogen) atoms. The highest BCUT2D eigenvalue weighted by molar-refractivity contribution is 6.04. The van der Waals surface area contributed by atoms with Gasteiger partial charge in [0.2, 0.25) is 0 Å². The van der Waals surface area contributed by atoms with E-state index in [1.807, 2.05) is 0 Å². The summed E-state index contributed by atoms with van der Waals surface area (Å²) in [5, 5.41) is 2.74. The predicted octanol–water partition coefficient (Wildman–Crippen LogP) is 2.93. The Balaban J connectivity index is 2.17. The minimum atomic E-state index is -0.711. The molecular weight excluding hydrogens is 352 g/mol. The Morgan fingerprint density at radius 1 is 1.33 bits per heavy atom. The molecule has 8 heteroatoms. The third-order valence-corrected chi connectivity index (χ3v) is 4.39. The van der Waals surface area contributed by atoms with Crippen molar-refractivity contribution in [1.29, 1.82) is 0 Å². The van der Waals surface area contributed by atoms with Crippen molar-refractivity contribution in [1.82, 2.24) is 14.5 Å². The van der Waals surface area contributed by atoms with Crippen molar-refractivity contribution in [3.63, 3.8) is 0 Å². The minimum Gasteiger partial charge on any atom is -0.350 e. The summed E-state index contributed by atoms with van der Waals surface area (Å²) in [5.74, 6) is -1.67. The van der Waals surface area contributed by atoms with Gasteiger partial charge in [0.15, 0.2) is 5.82 Å². The summed E-state index contributed by atoms with van der Waals surface area (Å²) in [5.41, 5.74) is 6.87. The first-order chi connectivity index (χ1) is 12.8. The number of nitrogens with one attached hydrogen (secondary N) is 1. The molecule has 0 aliphatic rings. The quantitative estimate of drug-likeness (QED) is 0.721. The van der Waals surface area contributed by atoms with E-state index in [0.717, 1.165) is 5.56 Å². The fourth-order valence-electron chi connectivity index (χ4n) is 2.87. The lowest BCUT2D eigenvalue weighted by Crippen LogP contribution is -2.32. The van der Waals surface area contributed by atoms with E-state index in [1.54, 1.807) is 37.7 Å². The van der Waals surface area contributed by atoms with Gasteiger partial charge in [0.05, 0.1) is 28.8 Å². The van der Waals surface area contributed by atoms with Gasteiger partial charge in [0, 0.05) is 27.2 Å². The summed E-state index contributed by atoms with van der Waals surface area (Å²) in [6.07, 6.45) is 1.46. The number of nitrogens with zero attached hydrogens (tertiary/aromatic N) is 3. The summed E-state index contributed by atoms with van der Waals surface area (Å²) in [7, 11) is 3.29. The van der Waals surface area contributed by atoms with Gasteiger partial charge in [-0.1, -0.05) is 6.07 Å². The van der Waals surface area contributed by atoms with E-state index in [2.05, 4.69) is 10.3 Å². The van der Waals surface area contributed by atoms with Gasteiger partial charge in [0.1, 0.15) is 11.3 Å². The summed E-state index contributed by atoms with van der Waals surface area (Å²) < 4.78 is 31.1. The number of benzene rings is 2. The van der Waals surface area contributed by atoms with Crippen molar-refractivity contribution >= 4 is 28.3 Å². The van der Waals surface area contributed by atoms with Crippen molar-refractivity contribution in [3.05, 3.63) is 53.4 Å². The van der Waals surface area contributed by atoms with Gasteiger partial charge in [-0.05, 0) is 30.7 Å². The van der Waals surface area contributed by atoms with Crippen molar-refractivity contribution < 1.29 is 13.6 Å². The number of aryl methyl sites for hydroxylation is 2. The molecule has 0 aliphatic carbocycles. The molecule has 142 valence electrons. The van der Waals surface area contributed by atoms with Crippen LogP contribution in [0, 0.1) is 18.6 Å². The van der Waals surface area contributed by atoms with Gasteiger partial charge in [-0.25, -0.2) is 13.8 Å². The van der Waals surface area contributed by atoms with Gasteiger partial charge < -0.3 is 20.5 Å². The van der Waals surface area contributed by atoms with Crippen LogP contribution in [0.4, 0.5) is 20.2 Å². The minimum absolute atomic E-state index is 0.0744. The molecule has 0 saturated heterocycles. The van der Waals surface area contributed by atoms with Crippen LogP contribution >= 0.6 is 0 Å². The number of carbonyl (C=O) groups excluding carboxylic acids is 1. The summed E-state index contributed by atoms with van der Waals surface area (Å²) in [6, 6.07) is 6.09. The standard InChI is InChI=1S/C19H21F2N5O/c1-11-4-5-14(13(20)8-11)24-17-12(19(27)25(2)7-6-22)9-15-18(16(17)21)23-10-26(15)3/h4-5,8-10,24H,6-7,22H2,1-3H3. The van der Waals surface area contributed by atoms with E-state index in [1.165, 1.54) is 23.4 Å². The number of aromatic nitrogens is 2. The Morgan fingerprint density at radius 2 is 2.07 bits per heavy atom. The molecule has 6 nitrogen and oxygen atoms in total. The molecular formula is C19H21F2N5O. The van der Waals surface area contributed by atoms with Crippen LogP contribution in [0.3, 0.4) is 0 Å². The average Bonchev–Trinajstić information content (AvgIpc) is 3.00. The highest BCUT2D eigenvalue weighted by Crippen LogP contribution is 2.32. The van der Waals surface area contributed by atoms with E-state index in [4.69, 9.17) is 5.73 Å². The maximum absolute atomic E-state index is 15.2. The van der Waals surface area contributed by atoms with Crippen molar-refractivity contribution in [2.45, 2.75) is 6.92 Å². The van der Waals surface area contributed by atoms with Crippen LogP contribution in [0.5, 0.6) is 0 Å². The maximum atomic E-state index is 15.2. The first-order valence-corrected chi connectivity index (χ1v) is 8.45. The predicted molar refractivity (Wildman–Crippen MR) is 101 cm³/mol. The van der Waals surface area contributed by atoms with Crippen molar-refractivity contribution in [3.8, 4) is 0 Å². The lowest BCUT2D eigenvalue weighted by molar-refractivity contribution is 0.0799. The van der Waals surface area contributed by atoms with E-state index in [9.17, 15) is 9.18 Å². The fraction of sp³-hybridized carbons (Fsp3) is 0.263. The number of rotatable bonds is 5. The molecule has 0 saturated carbocycles. The zero-order valence-electron chi connectivity index (χ0n) is 15.4. The lowest BCUT2D eigenvalue weighted by atomic mass is 10.1. The Bertz CT molecular complexity index is 1010. The van der Waals surface area contributed by atoms with Gasteiger partial charge in [-0.3, -0.25) is 4.79 Å². The number of halogens is 2. The van der Waals surface area contributed by atoms with E-state index < -0.39 is 17.5 Å². The van der Waals surface area contributed by atoms with Gasteiger partial charge in [-0.2, -0.15) is 0 Å². The van der Waals surface area contributed by atoms with Crippen LogP contribution in [0.15, 0.2) is 30.6 Å². The summed E-state index contributed by atoms with van der Waals surface area (Å²) >= 11 is 0. The fourth-order valence-corrected chi connectivity index (χ4v) is 2.87. The van der Waals surface area contributed by atoms with Gasteiger partial charge >= 0.3 is 0 Å². The number of carbonyl (C=O) groups is 1. The lowest BCUT2D eigenvalue weighted by Gasteiger charge is -2.20. The molecule has 0 aliphatic heterocycles. The second-order valence-corrected chi connectivity index (χ2v) is 6.46. The van der Waals surface area contributed by atoms with Crippen molar-refractivity contribution in [2.24, 2.45) is 12.8 Å².